The quantitative estimate of drug-likeness (QED) is 0.659. The van der Waals surface area contributed by atoms with E-state index >= 15 is 0 Å². The smallest absolute Gasteiger partial charge is 0.411 e. The van der Waals surface area contributed by atoms with Crippen molar-refractivity contribution in [2.24, 2.45) is 5.92 Å². The van der Waals surface area contributed by atoms with Crippen molar-refractivity contribution in [1.29, 1.82) is 0 Å². The number of ether oxygens (including phenoxy) is 2. The second kappa shape index (κ2) is 4.94. The molecule has 0 spiro atoms. The number of esters is 1. The van der Waals surface area contributed by atoms with Gasteiger partial charge in [0.05, 0.1) is 7.11 Å². The van der Waals surface area contributed by atoms with Gasteiger partial charge in [0.2, 0.25) is 0 Å². The van der Waals surface area contributed by atoms with Crippen molar-refractivity contribution >= 4 is 12.1 Å². The zero-order valence-electron chi connectivity index (χ0n) is 11.1. The molecule has 0 radical (unpaired) electrons. The molecule has 2 atom stereocenters. The third kappa shape index (κ3) is 3.35. The van der Waals surface area contributed by atoms with Crippen LogP contribution >= 0.6 is 0 Å². The molecular weight excluding hydrogens is 222 g/mol. The molecule has 98 valence electrons. The number of rotatable bonds is 1. The maximum atomic E-state index is 11.9. The van der Waals surface area contributed by atoms with Crippen LogP contribution < -0.4 is 0 Å². The number of hydrogen-bond acceptors (Lipinski definition) is 4. The van der Waals surface area contributed by atoms with Crippen molar-refractivity contribution in [2.45, 2.75) is 45.8 Å². The first-order chi connectivity index (χ1) is 7.76. The van der Waals surface area contributed by atoms with Crippen LogP contribution in [0.15, 0.2) is 0 Å². The van der Waals surface area contributed by atoms with Crippen molar-refractivity contribution in [3.8, 4) is 0 Å². The third-order valence-electron chi connectivity index (χ3n) is 2.77. The summed E-state index contributed by atoms with van der Waals surface area (Å²) in [5, 5.41) is 0. The largest absolute Gasteiger partial charge is 0.467 e. The molecule has 0 aromatic heterocycles. The highest BCUT2D eigenvalue weighted by molar-refractivity contribution is 5.82. The van der Waals surface area contributed by atoms with Crippen molar-refractivity contribution in [3.63, 3.8) is 0 Å². The van der Waals surface area contributed by atoms with Gasteiger partial charge in [-0.15, -0.1) is 0 Å². The van der Waals surface area contributed by atoms with Gasteiger partial charge < -0.3 is 9.47 Å². The van der Waals surface area contributed by atoms with E-state index in [1.807, 2.05) is 6.92 Å². The molecule has 1 rings (SSSR count). The predicted molar refractivity (Wildman–Crippen MR) is 62.5 cm³/mol. The molecule has 0 saturated carbocycles. The van der Waals surface area contributed by atoms with Gasteiger partial charge in [-0.2, -0.15) is 0 Å². The van der Waals surface area contributed by atoms with Gasteiger partial charge in [0.15, 0.2) is 0 Å². The highest BCUT2D eigenvalue weighted by Crippen LogP contribution is 2.26. The summed E-state index contributed by atoms with van der Waals surface area (Å²) in [6, 6.07) is -0.519. The van der Waals surface area contributed by atoms with E-state index in [-0.39, 0.29) is 11.9 Å². The average Bonchev–Trinajstić information content (AvgIpc) is 2.56. The molecule has 5 heteroatoms. The molecule has 0 aromatic carbocycles. The molecule has 1 amide bonds. The number of carbonyl (C=O) groups excluding carboxylic acids is 2. The summed E-state index contributed by atoms with van der Waals surface area (Å²) in [4.78, 5) is 25.0. The second-order valence-electron chi connectivity index (χ2n) is 5.41. The number of amides is 1. The lowest BCUT2D eigenvalue weighted by atomic mass is 10.0. The minimum absolute atomic E-state index is 0.106. The molecule has 0 aliphatic carbocycles. The first-order valence-electron chi connectivity index (χ1n) is 5.83. The summed E-state index contributed by atoms with van der Waals surface area (Å²) in [7, 11) is 1.33. The Bertz CT molecular complexity index is 308. The Balaban J connectivity index is 2.76. The Morgan fingerprint density at radius 1 is 1.29 bits per heavy atom. The van der Waals surface area contributed by atoms with E-state index in [4.69, 9.17) is 9.47 Å². The van der Waals surface area contributed by atoms with Crippen LogP contribution in [-0.2, 0) is 14.3 Å². The molecule has 1 aliphatic rings. The van der Waals surface area contributed by atoms with Crippen LogP contribution in [0.5, 0.6) is 0 Å². The van der Waals surface area contributed by atoms with Crippen LogP contribution in [0.2, 0.25) is 0 Å². The van der Waals surface area contributed by atoms with Gasteiger partial charge in [-0.1, -0.05) is 6.92 Å². The number of nitrogens with zero attached hydrogens (tertiary/aromatic N) is 1. The zero-order chi connectivity index (χ0) is 13.2. The van der Waals surface area contributed by atoms with Crippen LogP contribution in [-0.4, -0.2) is 42.3 Å². The molecule has 17 heavy (non-hydrogen) atoms. The summed E-state index contributed by atoms with van der Waals surface area (Å²) in [6.45, 7) is 7.88. The Hall–Kier alpha value is -1.26. The summed E-state index contributed by atoms with van der Waals surface area (Å²) >= 11 is 0. The highest BCUT2D eigenvalue weighted by atomic mass is 16.6. The summed E-state index contributed by atoms with van der Waals surface area (Å²) in [5.41, 5.74) is -0.552. The number of hydrogen-bond donors (Lipinski definition) is 0. The maximum absolute atomic E-state index is 11.9. The first kappa shape index (κ1) is 13.8. The lowest BCUT2D eigenvalue weighted by Crippen LogP contribution is -2.45. The van der Waals surface area contributed by atoms with Gasteiger partial charge >= 0.3 is 12.1 Å². The van der Waals surface area contributed by atoms with Gasteiger partial charge in [-0.25, -0.2) is 9.59 Å². The zero-order valence-corrected chi connectivity index (χ0v) is 11.1. The fourth-order valence-electron chi connectivity index (χ4n) is 1.95. The topological polar surface area (TPSA) is 55.8 Å². The Morgan fingerprint density at radius 2 is 1.88 bits per heavy atom. The van der Waals surface area contributed by atoms with Crippen LogP contribution in [0.3, 0.4) is 0 Å². The van der Waals surface area contributed by atoms with Gasteiger partial charge in [-0.3, -0.25) is 4.90 Å². The molecule has 1 saturated heterocycles. The lowest BCUT2D eigenvalue weighted by Gasteiger charge is -2.28. The maximum Gasteiger partial charge on any atom is 0.411 e. The van der Waals surface area contributed by atoms with Crippen molar-refractivity contribution in [2.75, 3.05) is 13.7 Å². The van der Waals surface area contributed by atoms with Gasteiger partial charge in [0, 0.05) is 6.54 Å². The third-order valence-corrected chi connectivity index (χ3v) is 2.77. The molecule has 0 unspecified atom stereocenters. The second-order valence-corrected chi connectivity index (χ2v) is 5.41. The number of likely N-dealkylation sites (tertiary alicyclic amines) is 1. The first-order valence-corrected chi connectivity index (χ1v) is 5.83. The fourth-order valence-corrected chi connectivity index (χ4v) is 1.95. The number of carbonyl (C=O) groups is 2. The molecule has 5 nitrogen and oxygen atoms in total. The molecule has 0 bridgehead atoms. The minimum Gasteiger partial charge on any atom is -0.467 e. The molecule has 1 heterocycles. The highest BCUT2D eigenvalue weighted by Gasteiger charge is 2.41. The van der Waals surface area contributed by atoms with Crippen LogP contribution in [0.25, 0.3) is 0 Å². The summed E-state index contributed by atoms with van der Waals surface area (Å²) < 4.78 is 10.0. The van der Waals surface area contributed by atoms with Crippen molar-refractivity contribution in [3.05, 3.63) is 0 Å². The molecule has 0 aromatic rings. The van der Waals surface area contributed by atoms with E-state index in [0.29, 0.717) is 6.54 Å². The van der Waals surface area contributed by atoms with E-state index in [1.54, 1.807) is 20.8 Å². The summed E-state index contributed by atoms with van der Waals surface area (Å²) in [6.07, 6.45) is 0.344. The standard InChI is InChI=1S/C12H21NO4/c1-8-6-7-13(9(8)10(14)16-5)11(15)17-12(2,3)4/h8-9H,6-7H2,1-5H3/t8-,9-/m0/s1. The van der Waals surface area contributed by atoms with E-state index in [9.17, 15) is 9.59 Å². The van der Waals surface area contributed by atoms with Crippen LogP contribution in [0, 0.1) is 5.92 Å². The molecule has 1 fully saturated rings. The predicted octanol–water partition coefficient (Wildman–Crippen LogP) is 1.80. The SMILES string of the molecule is COC(=O)[C@@H]1[C@@H](C)CCN1C(=O)OC(C)(C)C. The average molecular weight is 243 g/mol. The minimum atomic E-state index is -0.552. The van der Waals surface area contributed by atoms with Crippen molar-refractivity contribution in [1.82, 2.24) is 4.90 Å². The Morgan fingerprint density at radius 3 is 2.35 bits per heavy atom. The van der Waals surface area contributed by atoms with E-state index < -0.39 is 17.7 Å². The van der Waals surface area contributed by atoms with Gasteiger partial charge in [0.1, 0.15) is 11.6 Å². The Kier molecular flexibility index (Phi) is 4.01. The van der Waals surface area contributed by atoms with Crippen LogP contribution in [0.1, 0.15) is 34.1 Å². The van der Waals surface area contributed by atoms with Gasteiger partial charge in [-0.05, 0) is 33.1 Å². The monoisotopic (exact) mass is 243 g/mol. The lowest BCUT2D eigenvalue weighted by molar-refractivity contribution is -0.146. The van der Waals surface area contributed by atoms with Gasteiger partial charge in [0.25, 0.3) is 0 Å². The molecule has 0 N–H and O–H groups in total. The van der Waals surface area contributed by atoms with E-state index in [1.165, 1.54) is 12.0 Å². The normalized spacial score (nSPS) is 24.6. The van der Waals surface area contributed by atoms with Crippen LogP contribution in [0.4, 0.5) is 4.79 Å². The fraction of sp³-hybridized carbons (Fsp3) is 0.833. The number of methoxy groups -OCH3 is 1. The van der Waals surface area contributed by atoms with E-state index in [0.717, 1.165) is 6.42 Å². The Labute approximate surface area is 102 Å². The molecular formula is C12H21NO4. The van der Waals surface area contributed by atoms with E-state index in [2.05, 4.69) is 0 Å². The summed E-state index contributed by atoms with van der Waals surface area (Å²) in [5.74, 6) is -0.268. The molecule has 1 aliphatic heterocycles. The van der Waals surface area contributed by atoms with Crippen molar-refractivity contribution < 1.29 is 19.1 Å².